The second-order valence-electron chi connectivity index (χ2n) is 8.83. The first-order valence-corrected chi connectivity index (χ1v) is 12.9. The molecule has 2 N–H and O–H groups in total. The summed E-state index contributed by atoms with van der Waals surface area (Å²) in [6.07, 6.45) is 3.36. The Morgan fingerprint density at radius 3 is 2.61 bits per heavy atom. The first-order chi connectivity index (χ1) is 17.2. The van der Waals surface area contributed by atoms with Gasteiger partial charge in [-0.25, -0.2) is 9.37 Å². The molecule has 186 valence electrons. The van der Waals surface area contributed by atoms with Crippen LogP contribution in [0.25, 0.3) is 5.57 Å². The molecule has 1 fully saturated rings. The molecule has 36 heavy (non-hydrogen) atoms. The van der Waals surface area contributed by atoms with Gasteiger partial charge in [0.2, 0.25) is 5.88 Å². The molecule has 0 bridgehead atoms. The smallest absolute Gasteiger partial charge is 0.294 e. The first-order valence-electron chi connectivity index (χ1n) is 11.5. The average molecular weight is 508 g/mol. The Morgan fingerprint density at radius 1 is 1.17 bits per heavy atom. The van der Waals surface area contributed by atoms with E-state index in [9.17, 15) is 12.8 Å². The number of allylic oxidation sites excluding steroid dienone is 1. The van der Waals surface area contributed by atoms with Gasteiger partial charge in [-0.05, 0) is 67.6 Å². The number of hydrogen-bond acceptors (Lipinski definition) is 6. The summed E-state index contributed by atoms with van der Waals surface area (Å²) in [5, 5.41) is 12.2. The van der Waals surface area contributed by atoms with Crippen LogP contribution in [0.1, 0.15) is 28.8 Å². The van der Waals surface area contributed by atoms with Crippen LogP contribution in [0.4, 0.5) is 4.39 Å². The molecule has 2 aromatic carbocycles. The van der Waals surface area contributed by atoms with Crippen LogP contribution in [-0.2, 0) is 16.7 Å². The summed E-state index contributed by atoms with van der Waals surface area (Å²) >= 11 is 0. The Balaban J connectivity index is 0.000000233. The van der Waals surface area contributed by atoms with Gasteiger partial charge < -0.3 is 10.1 Å². The number of ether oxygens (including phenoxy) is 1. The number of nitrogens with one attached hydrogen (secondary N) is 1. The van der Waals surface area contributed by atoms with Crippen LogP contribution in [-0.4, -0.2) is 31.0 Å². The predicted molar refractivity (Wildman–Crippen MR) is 133 cm³/mol. The van der Waals surface area contributed by atoms with Gasteiger partial charge in [0, 0.05) is 18.2 Å². The molecule has 0 radical (unpaired) electrons. The fraction of sp³-hybridized carbons (Fsp3) is 0.259. The predicted octanol–water partition coefficient (Wildman–Crippen LogP) is 4.54. The molecule has 2 atom stereocenters. The standard InChI is InChI=1S/C20H18FN3O.C7H8O3S/c21-18-6-13(9-22)4-5-14(18)12-25-20-3-1-2-19(24-20)15-7-16-10-23-11-17(16)8-15;1-6-2-4-7(5-3-6)11(8,9)10/h1-7,16-17,23H,8,10-12H2;2-5H,1H3,(H,8,9,10). The van der Waals surface area contributed by atoms with Gasteiger partial charge in [-0.3, -0.25) is 4.55 Å². The molecule has 2 aliphatic rings. The zero-order valence-electron chi connectivity index (χ0n) is 19.7. The monoisotopic (exact) mass is 507 g/mol. The van der Waals surface area contributed by atoms with Gasteiger partial charge in [-0.15, -0.1) is 0 Å². The van der Waals surface area contributed by atoms with Gasteiger partial charge in [-0.2, -0.15) is 13.7 Å². The number of nitrogens with zero attached hydrogens (tertiary/aromatic N) is 2. The molecule has 2 heterocycles. The Morgan fingerprint density at radius 2 is 1.94 bits per heavy atom. The van der Waals surface area contributed by atoms with Crippen molar-refractivity contribution in [3.05, 3.63) is 94.9 Å². The average Bonchev–Trinajstić information content (AvgIpc) is 3.46. The largest absolute Gasteiger partial charge is 0.473 e. The summed E-state index contributed by atoms with van der Waals surface area (Å²) in [7, 11) is -4.02. The van der Waals surface area contributed by atoms with Crippen LogP contribution in [0.15, 0.2) is 71.6 Å². The van der Waals surface area contributed by atoms with Crippen molar-refractivity contribution in [1.29, 1.82) is 5.26 Å². The van der Waals surface area contributed by atoms with E-state index in [4.69, 9.17) is 14.6 Å². The van der Waals surface area contributed by atoms with Crippen molar-refractivity contribution < 1.29 is 22.1 Å². The second kappa shape index (κ2) is 11.0. The molecule has 5 rings (SSSR count). The van der Waals surface area contributed by atoms with Gasteiger partial charge in [0.25, 0.3) is 10.1 Å². The van der Waals surface area contributed by atoms with Crippen molar-refractivity contribution in [3.8, 4) is 11.9 Å². The number of aryl methyl sites for hydroxylation is 1. The zero-order chi connectivity index (χ0) is 25.7. The summed E-state index contributed by atoms with van der Waals surface area (Å²) < 4.78 is 49.1. The molecule has 0 amide bonds. The van der Waals surface area contributed by atoms with E-state index in [0.29, 0.717) is 28.8 Å². The lowest BCUT2D eigenvalue weighted by atomic mass is 9.99. The lowest BCUT2D eigenvalue weighted by Crippen LogP contribution is -2.09. The molecule has 0 spiro atoms. The van der Waals surface area contributed by atoms with Gasteiger partial charge in [0.1, 0.15) is 12.4 Å². The Bertz CT molecular complexity index is 1420. The molecule has 2 unspecified atom stereocenters. The topological polar surface area (TPSA) is 112 Å². The van der Waals surface area contributed by atoms with Gasteiger partial charge in [0.15, 0.2) is 0 Å². The second-order valence-corrected chi connectivity index (χ2v) is 10.3. The number of aromatic nitrogens is 1. The Kier molecular flexibility index (Phi) is 7.79. The molecule has 0 saturated carbocycles. The summed E-state index contributed by atoms with van der Waals surface area (Å²) in [4.78, 5) is 4.51. The quantitative estimate of drug-likeness (QED) is 0.488. The minimum absolute atomic E-state index is 0.0666. The fourth-order valence-corrected chi connectivity index (χ4v) is 4.72. The summed E-state index contributed by atoms with van der Waals surface area (Å²) in [6, 6.07) is 18.0. The number of hydrogen-bond donors (Lipinski definition) is 2. The number of benzene rings is 2. The van der Waals surface area contributed by atoms with Crippen LogP contribution >= 0.6 is 0 Å². The van der Waals surface area contributed by atoms with E-state index in [-0.39, 0.29) is 11.5 Å². The molecule has 1 aliphatic heterocycles. The molecule has 1 aromatic heterocycles. The summed E-state index contributed by atoms with van der Waals surface area (Å²) in [5.41, 5.74) is 3.87. The maximum absolute atomic E-state index is 13.9. The van der Waals surface area contributed by atoms with Gasteiger partial charge in [0.05, 0.1) is 22.2 Å². The molecule has 7 nitrogen and oxygen atoms in total. The van der Waals surface area contributed by atoms with Gasteiger partial charge >= 0.3 is 0 Å². The molecular formula is C27H26FN3O4S. The highest BCUT2D eigenvalue weighted by molar-refractivity contribution is 7.85. The number of rotatable bonds is 5. The van der Waals surface area contributed by atoms with Crippen LogP contribution in [0, 0.1) is 35.9 Å². The van der Waals surface area contributed by atoms with E-state index >= 15 is 0 Å². The number of halogens is 1. The van der Waals surface area contributed by atoms with Crippen LogP contribution in [0.3, 0.4) is 0 Å². The fourth-order valence-electron chi connectivity index (χ4n) is 4.24. The normalized spacial score (nSPS) is 18.4. The first kappa shape index (κ1) is 25.5. The zero-order valence-corrected chi connectivity index (χ0v) is 20.5. The lowest BCUT2D eigenvalue weighted by Gasteiger charge is -2.09. The molecule has 9 heteroatoms. The highest BCUT2D eigenvalue weighted by Gasteiger charge is 2.32. The van der Waals surface area contributed by atoms with E-state index in [1.807, 2.05) is 25.1 Å². The maximum atomic E-state index is 13.9. The van der Waals surface area contributed by atoms with E-state index in [1.165, 1.54) is 23.8 Å². The van der Waals surface area contributed by atoms with Crippen molar-refractivity contribution in [3.63, 3.8) is 0 Å². The van der Waals surface area contributed by atoms with E-state index in [1.54, 1.807) is 30.3 Å². The number of fused-ring (bicyclic) bond motifs is 1. The maximum Gasteiger partial charge on any atom is 0.294 e. The molecule has 3 aromatic rings. The molecule has 1 aliphatic carbocycles. The Hall–Kier alpha value is -3.58. The van der Waals surface area contributed by atoms with Crippen molar-refractivity contribution in [1.82, 2.24) is 10.3 Å². The van der Waals surface area contributed by atoms with E-state index < -0.39 is 15.9 Å². The highest BCUT2D eigenvalue weighted by Crippen LogP contribution is 2.37. The van der Waals surface area contributed by atoms with Crippen molar-refractivity contribution >= 4 is 15.7 Å². The van der Waals surface area contributed by atoms with Crippen LogP contribution in [0.5, 0.6) is 5.88 Å². The van der Waals surface area contributed by atoms with E-state index in [0.717, 1.165) is 30.8 Å². The third-order valence-electron chi connectivity index (χ3n) is 6.22. The third-order valence-corrected chi connectivity index (χ3v) is 7.09. The minimum atomic E-state index is -4.02. The van der Waals surface area contributed by atoms with Crippen molar-refractivity contribution in [2.45, 2.75) is 24.8 Å². The molecular weight excluding hydrogens is 481 g/mol. The third kappa shape index (κ3) is 6.34. The molecule has 1 saturated heterocycles. The minimum Gasteiger partial charge on any atom is -0.473 e. The number of nitriles is 1. The van der Waals surface area contributed by atoms with E-state index in [2.05, 4.69) is 16.4 Å². The van der Waals surface area contributed by atoms with Crippen LogP contribution in [0.2, 0.25) is 0 Å². The lowest BCUT2D eigenvalue weighted by molar-refractivity contribution is 0.288. The highest BCUT2D eigenvalue weighted by atomic mass is 32.2. The summed E-state index contributed by atoms with van der Waals surface area (Å²) in [6.45, 7) is 4.04. The Labute approximate surface area is 210 Å². The van der Waals surface area contributed by atoms with Crippen molar-refractivity contribution in [2.24, 2.45) is 11.8 Å². The summed E-state index contributed by atoms with van der Waals surface area (Å²) in [5.74, 6) is 1.33. The SMILES string of the molecule is Cc1ccc(S(=O)(=O)O)cc1.N#Cc1ccc(COc2cccc(C3=CC4CNCC4C3)n2)c(F)c1. The number of pyridine rings is 1. The van der Waals surface area contributed by atoms with Crippen LogP contribution < -0.4 is 10.1 Å². The van der Waals surface area contributed by atoms with Gasteiger partial charge in [-0.1, -0.05) is 35.9 Å². The van der Waals surface area contributed by atoms with Crippen molar-refractivity contribution in [2.75, 3.05) is 13.1 Å².